The van der Waals surface area contributed by atoms with Crippen molar-refractivity contribution in [3.05, 3.63) is 130 Å². The molecule has 0 aromatic heterocycles. The van der Waals surface area contributed by atoms with Crippen molar-refractivity contribution in [1.82, 2.24) is 4.31 Å². The number of benzene rings is 4. The lowest BCUT2D eigenvalue weighted by atomic mass is 9.88. The molecule has 40 heavy (non-hydrogen) atoms. The van der Waals surface area contributed by atoms with Gasteiger partial charge >= 0.3 is 0 Å². The maximum Gasteiger partial charge on any atom is 0.225 e. The Morgan fingerprint density at radius 3 is 2.30 bits per heavy atom. The van der Waals surface area contributed by atoms with Crippen LogP contribution in [0.2, 0.25) is 0 Å². The number of nitrogens with one attached hydrogen (secondary N) is 1. The summed E-state index contributed by atoms with van der Waals surface area (Å²) in [5.74, 6) is -3.60. The lowest BCUT2D eigenvalue weighted by molar-refractivity contribution is -0.116. The molecule has 4 aromatic rings. The molecule has 1 heterocycles. The van der Waals surface area contributed by atoms with Gasteiger partial charge < -0.3 is 5.32 Å². The van der Waals surface area contributed by atoms with Crippen LogP contribution in [0, 0.1) is 30.2 Å². The van der Waals surface area contributed by atoms with Crippen LogP contribution in [-0.4, -0.2) is 22.8 Å². The van der Waals surface area contributed by atoms with Crippen LogP contribution >= 0.6 is 11.9 Å². The first-order chi connectivity index (χ1) is 19.2. The van der Waals surface area contributed by atoms with Gasteiger partial charge in [0.05, 0.1) is 0 Å². The third-order valence-corrected chi connectivity index (χ3v) is 8.14. The number of hydrogen-bond donors (Lipinski definition) is 1. The molecule has 0 saturated carbocycles. The molecule has 0 spiro atoms. The van der Waals surface area contributed by atoms with Crippen molar-refractivity contribution >= 4 is 23.5 Å². The maximum absolute atomic E-state index is 14.9. The molecular weight excluding hydrogens is 536 g/mol. The summed E-state index contributed by atoms with van der Waals surface area (Å²) in [6, 6.07) is 21.7. The van der Waals surface area contributed by atoms with Crippen molar-refractivity contribution in [2.75, 3.05) is 11.9 Å². The fourth-order valence-electron chi connectivity index (χ4n) is 4.77. The first kappa shape index (κ1) is 27.9. The van der Waals surface area contributed by atoms with Gasteiger partial charge in [0.25, 0.3) is 0 Å². The molecule has 3 nitrogen and oxygen atoms in total. The van der Waals surface area contributed by atoms with E-state index in [0.29, 0.717) is 29.3 Å². The van der Waals surface area contributed by atoms with Gasteiger partial charge in [-0.25, -0.2) is 21.9 Å². The summed E-state index contributed by atoms with van der Waals surface area (Å²) < 4.78 is 58.7. The van der Waals surface area contributed by atoms with E-state index in [2.05, 4.69) is 33.9 Å². The standard InChI is InChI=1S/C32H28F4N2OS/c1-20-5-12-27(13-6-20)40-38-19-26(38)11-14-28-30(36)3-2-4-31(28)37-32(39)18-29(21-7-9-23(33)10-8-21)22-15-24(34)17-25(35)16-22/h2-10,12-13,15-17,26,29H,11,14,18-19H2,1H3,(H,37,39). The first-order valence-corrected chi connectivity index (χ1v) is 13.8. The van der Waals surface area contributed by atoms with E-state index in [9.17, 15) is 22.4 Å². The van der Waals surface area contributed by atoms with E-state index in [-0.39, 0.29) is 12.0 Å². The summed E-state index contributed by atoms with van der Waals surface area (Å²) in [4.78, 5) is 14.3. The maximum atomic E-state index is 14.9. The van der Waals surface area contributed by atoms with E-state index in [1.54, 1.807) is 18.0 Å². The Kier molecular flexibility index (Phi) is 8.57. The number of nitrogens with zero attached hydrogens (tertiary/aromatic N) is 1. The summed E-state index contributed by atoms with van der Waals surface area (Å²) in [5, 5.41) is 2.80. The Morgan fingerprint density at radius 1 is 0.900 bits per heavy atom. The van der Waals surface area contributed by atoms with Crippen LogP contribution in [0.25, 0.3) is 0 Å². The van der Waals surface area contributed by atoms with Crippen LogP contribution in [-0.2, 0) is 11.2 Å². The van der Waals surface area contributed by atoms with Crippen molar-refractivity contribution < 1.29 is 22.4 Å². The van der Waals surface area contributed by atoms with E-state index >= 15 is 0 Å². The van der Waals surface area contributed by atoms with E-state index < -0.39 is 35.1 Å². The van der Waals surface area contributed by atoms with Crippen molar-refractivity contribution in [3.63, 3.8) is 0 Å². The summed E-state index contributed by atoms with van der Waals surface area (Å²) in [5.41, 5.74) is 2.76. The highest BCUT2D eigenvalue weighted by Gasteiger charge is 2.35. The van der Waals surface area contributed by atoms with Gasteiger partial charge in [-0.1, -0.05) is 35.9 Å². The number of halogens is 4. The molecule has 3 atom stereocenters. The minimum absolute atomic E-state index is 0.173. The molecule has 5 rings (SSSR count). The van der Waals surface area contributed by atoms with Crippen LogP contribution in [0.15, 0.2) is 89.8 Å². The quantitative estimate of drug-likeness (QED) is 0.120. The number of hydrogen-bond acceptors (Lipinski definition) is 3. The molecule has 0 radical (unpaired) electrons. The van der Waals surface area contributed by atoms with Crippen molar-refractivity contribution in [2.45, 2.75) is 43.0 Å². The van der Waals surface area contributed by atoms with E-state index in [1.807, 2.05) is 6.92 Å². The van der Waals surface area contributed by atoms with Gasteiger partial charge in [-0.3, -0.25) is 4.79 Å². The Hall–Kier alpha value is -3.62. The average molecular weight is 565 g/mol. The van der Waals surface area contributed by atoms with Gasteiger partial charge in [0.1, 0.15) is 23.3 Å². The number of anilines is 1. The second-order valence-electron chi connectivity index (χ2n) is 10.0. The SMILES string of the molecule is Cc1ccc(SN2CC2CCc2c(F)cccc2NC(=O)CC(c2ccc(F)cc2)c2cc(F)cc(F)c2)cc1. The third-order valence-electron chi connectivity index (χ3n) is 6.98. The molecule has 206 valence electrons. The molecule has 1 aliphatic rings. The zero-order valence-electron chi connectivity index (χ0n) is 21.8. The zero-order chi connectivity index (χ0) is 28.2. The normalized spacial score (nSPS) is 16.9. The van der Waals surface area contributed by atoms with Crippen molar-refractivity contribution in [2.24, 2.45) is 0 Å². The Morgan fingerprint density at radius 2 is 1.60 bits per heavy atom. The fraction of sp³-hybridized carbons (Fsp3) is 0.219. The fourth-order valence-corrected chi connectivity index (χ4v) is 5.80. The predicted octanol–water partition coefficient (Wildman–Crippen LogP) is 8.04. The lowest BCUT2D eigenvalue weighted by Gasteiger charge is -2.19. The summed E-state index contributed by atoms with van der Waals surface area (Å²) in [6.45, 7) is 2.95. The summed E-state index contributed by atoms with van der Waals surface area (Å²) in [6.07, 6.45) is 0.992. The van der Waals surface area contributed by atoms with Gasteiger partial charge in [0.2, 0.25) is 5.91 Å². The van der Waals surface area contributed by atoms with E-state index in [0.717, 1.165) is 36.1 Å². The third kappa shape index (κ3) is 7.11. The second kappa shape index (κ2) is 12.3. The van der Waals surface area contributed by atoms with Crippen LogP contribution in [0.4, 0.5) is 23.2 Å². The number of amides is 1. The molecule has 1 aliphatic heterocycles. The van der Waals surface area contributed by atoms with Gasteiger partial charge in [0.15, 0.2) is 0 Å². The van der Waals surface area contributed by atoms with E-state index in [1.165, 1.54) is 42.0 Å². The molecule has 0 bridgehead atoms. The number of carbonyl (C=O) groups is 1. The lowest BCUT2D eigenvalue weighted by Crippen LogP contribution is -2.18. The molecule has 8 heteroatoms. The zero-order valence-corrected chi connectivity index (χ0v) is 22.7. The molecule has 1 fully saturated rings. The van der Waals surface area contributed by atoms with Crippen LogP contribution in [0.1, 0.15) is 41.0 Å². The van der Waals surface area contributed by atoms with Crippen LogP contribution in [0.5, 0.6) is 0 Å². The second-order valence-corrected chi connectivity index (χ2v) is 11.1. The number of aryl methyl sites for hydroxylation is 1. The van der Waals surface area contributed by atoms with Gasteiger partial charge in [-0.15, -0.1) is 0 Å². The highest BCUT2D eigenvalue weighted by Crippen LogP contribution is 2.37. The minimum Gasteiger partial charge on any atom is -0.326 e. The Bertz CT molecular complexity index is 1470. The molecule has 1 N–H and O–H groups in total. The number of rotatable bonds is 10. The molecule has 1 amide bonds. The molecule has 4 aromatic carbocycles. The molecule has 1 saturated heterocycles. The largest absolute Gasteiger partial charge is 0.326 e. The average Bonchev–Trinajstić information content (AvgIpc) is 3.66. The van der Waals surface area contributed by atoms with Gasteiger partial charge in [0, 0.05) is 47.1 Å². The van der Waals surface area contributed by atoms with Crippen LogP contribution in [0.3, 0.4) is 0 Å². The highest BCUT2D eigenvalue weighted by atomic mass is 32.2. The number of carbonyl (C=O) groups excluding carboxylic acids is 1. The van der Waals surface area contributed by atoms with Gasteiger partial charge in [-0.2, -0.15) is 0 Å². The summed E-state index contributed by atoms with van der Waals surface area (Å²) >= 11 is 1.68. The highest BCUT2D eigenvalue weighted by molar-refractivity contribution is 7.97. The topological polar surface area (TPSA) is 32.1 Å². The van der Waals surface area contributed by atoms with Gasteiger partial charge in [-0.05, 0) is 91.4 Å². The summed E-state index contributed by atoms with van der Waals surface area (Å²) in [7, 11) is 0. The van der Waals surface area contributed by atoms with E-state index in [4.69, 9.17) is 0 Å². The molecule has 0 aliphatic carbocycles. The van der Waals surface area contributed by atoms with Crippen molar-refractivity contribution in [1.29, 1.82) is 0 Å². The smallest absolute Gasteiger partial charge is 0.225 e. The predicted molar refractivity (Wildman–Crippen MR) is 150 cm³/mol. The Balaban J connectivity index is 1.27. The minimum atomic E-state index is -0.774. The monoisotopic (exact) mass is 564 g/mol. The molecule has 3 unspecified atom stereocenters. The van der Waals surface area contributed by atoms with Crippen LogP contribution < -0.4 is 5.32 Å². The van der Waals surface area contributed by atoms with Crippen molar-refractivity contribution in [3.8, 4) is 0 Å². The first-order valence-electron chi connectivity index (χ1n) is 13.0. The Labute approximate surface area is 235 Å². The molecular formula is C32H28F4N2OS.